The number of anilines is 1. The lowest BCUT2D eigenvalue weighted by atomic mass is 10.1. The number of nitrogens with zero attached hydrogens (tertiary/aromatic N) is 1. The van der Waals surface area contributed by atoms with Gasteiger partial charge < -0.3 is 15.0 Å². The second-order valence-corrected chi connectivity index (χ2v) is 11.8. The number of nitrogens with one attached hydrogen (secondary N) is 1. The lowest BCUT2D eigenvalue weighted by Gasteiger charge is -2.18. The van der Waals surface area contributed by atoms with E-state index < -0.39 is 0 Å². The van der Waals surface area contributed by atoms with Gasteiger partial charge in [-0.15, -0.1) is 28.7 Å². The summed E-state index contributed by atoms with van der Waals surface area (Å²) in [6.07, 6.45) is 17.8. The van der Waals surface area contributed by atoms with Crippen LogP contribution in [-0.2, 0) is 6.54 Å². The predicted molar refractivity (Wildman–Crippen MR) is 175 cm³/mol. The maximum absolute atomic E-state index is 13.3. The molecule has 0 aliphatic carbocycles. The number of thioether (sulfide) groups is 1. The number of para-hydroxylation sites is 1. The van der Waals surface area contributed by atoms with Gasteiger partial charge in [0.15, 0.2) is 5.75 Å². The number of unbranched alkanes of at least 4 members (excludes halogenated alkanes) is 11. The zero-order valence-corrected chi connectivity index (χ0v) is 27.0. The molecule has 2 aromatic rings. The Bertz CT molecular complexity index is 1030. The Labute approximate surface area is 256 Å². The Morgan fingerprint density at radius 2 is 1.56 bits per heavy atom. The molecule has 39 heavy (non-hydrogen) atoms. The van der Waals surface area contributed by atoms with Gasteiger partial charge in [0.2, 0.25) is 0 Å². The van der Waals surface area contributed by atoms with E-state index in [2.05, 4.69) is 30.3 Å². The maximum Gasteiger partial charge on any atom is 0.256 e. The molecule has 1 amide bonds. The first-order chi connectivity index (χ1) is 18.6. The van der Waals surface area contributed by atoms with Crippen molar-refractivity contribution in [1.29, 1.82) is 0 Å². The summed E-state index contributed by atoms with van der Waals surface area (Å²) in [5, 5.41) is 3.57. The van der Waals surface area contributed by atoms with Crippen LogP contribution in [0.5, 0.6) is 5.75 Å². The van der Waals surface area contributed by atoms with Gasteiger partial charge in [0, 0.05) is 18.3 Å². The van der Waals surface area contributed by atoms with E-state index in [0.29, 0.717) is 35.2 Å². The van der Waals surface area contributed by atoms with Crippen LogP contribution in [0.2, 0.25) is 5.02 Å². The minimum atomic E-state index is -0.148. The fourth-order valence-electron chi connectivity index (χ4n) is 4.77. The highest BCUT2D eigenvalue weighted by Crippen LogP contribution is 2.34. The van der Waals surface area contributed by atoms with Gasteiger partial charge in [-0.05, 0) is 42.0 Å². The van der Waals surface area contributed by atoms with Crippen molar-refractivity contribution in [2.45, 2.75) is 97.4 Å². The third-order valence-corrected chi connectivity index (χ3v) is 8.24. The molecule has 1 aliphatic rings. The van der Waals surface area contributed by atoms with Crippen molar-refractivity contribution in [3.8, 4) is 5.75 Å². The van der Waals surface area contributed by atoms with E-state index in [9.17, 15) is 4.79 Å². The molecule has 1 aliphatic heterocycles. The molecule has 216 valence electrons. The molecule has 2 aromatic carbocycles. The summed E-state index contributed by atoms with van der Waals surface area (Å²) in [5.41, 5.74) is 2.28. The van der Waals surface area contributed by atoms with Crippen molar-refractivity contribution in [1.82, 2.24) is 4.90 Å². The number of carbonyl (C=O) groups is 1. The van der Waals surface area contributed by atoms with Gasteiger partial charge in [0.1, 0.15) is 0 Å². The van der Waals surface area contributed by atoms with Gasteiger partial charge in [-0.25, -0.2) is 0 Å². The number of hydrogen-bond acceptors (Lipinski definition) is 4. The number of hydrogen-bond donors (Lipinski definition) is 1. The Hall–Kier alpha value is -1.63. The van der Waals surface area contributed by atoms with Crippen molar-refractivity contribution in [3.05, 3.63) is 69.7 Å². The van der Waals surface area contributed by atoms with Gasteiger partial charge in [-0.1, -0.05) is 113 Å². The molecule has 0 saturated heterocycles. The second kappa shape index (κ2) is 19.4. The van der Waals surface area contributed by atoms with Crippen molar-refractivity contribution in [3.63, 3.8) is 0 Å². The van der Waals surface area contributed by atoms with Crippen LogP contribution >= 0.6 is 40.3 Å². The highest BCUT2D eigenvalue weighted by Gasteiger charge is 2.18. The monoisotopic (exact) mass is 636 g/mol. The summed E-state index contributed by atoms with van der Waals surface area (Å²) < 4.78 is 6.08. The third-order valence-electron chi connectivity index (χ3n) is 6.92. The first-order valence-corrected chi connectivity index (χ1v) is 15.8. The fourth-order valence-corrected chi connectivity index (χ4v) is 5.76. The zero-order valence-electron chi connectivity index (χ0n) is 23.7. The average molecular weight is 638 g/mol. The molecule has 0 bridgehead atoms. The van der Waals surface area contributed by atoms with Gasteiger partial charge in [-0.2, -0.15) is 0 Å². The molecule has 0 radical (unpaired) electrons. The number of allylic oxidation sites excluding steroid dienone is 1. The number of halogens is 2. The molecular formula is C32H46BrClN2O2S. The van der Waals surface area contributed by atoms with E-state index in [1.54, 1.807) is 0 Å². The summed E-state index contributed by atoms with van der Waals surface area (Å²) in [4.78, 5) is 16.8. The standard InChI is InChI=1S/C32H45ClN2O2S.BrH/c1-3-4-5-6-7-8-9-10-11-12-13-16-22-37-31-29(33)20-17-21-30(31)34-32(36)28-19-15-14-18-27(28)24-35-23-26(2)38-25-35;/h14-15,17-21,23H,3-13,16,22,24-25H2,1-2H3,(H,34,36);1H. The van der Waals surface area contributed by atoms with Crippen molar-refractivity contribution in [2.75, 3.05) is 17.8 Å². The van der Waals surface area contributed by atoms with Gasteiger partial charge in [-0.3, -0.25) is 4.79 Å². The fraction of sp³-hybridized carbons (Fsp3) is 0.531. The Morgan fingerprint density at radius 1 is 0.923 bits per heavy atom. The Morgan fingerprint density at radius 3 is 2.21 bits per heavy atom. The van der Waals surface area contributed by atoms with Crippen LogP contribution in [0.15, 0.2) is 53.6 Å². The third kappa shape index (κ3) is 12.2. The van der Waals surface area contributed by atoms with Gasteiger partial charge in [0.05, 0.1) is 23.2 Å². The summed E-state index contributed by atoms with van der Waals surface area (Å²) in [6.45, 7) is 5.68. The molecule has 1 N–H and O–H groups in total. The highest BCUT2D eigenvalue weighted by molar-refractivity contribution is 8.93. The zero-order chi connectivity index (χ0) is 27.0. The molecule has 1 heterocycles. The molecule has 0 atom stereocenters. The van der Waals surface area contributed by atoms with Crippen molar-refractivity contribution in [2.24, 2.45) is 0 Å². The van der Waals surface area contributed by atoms with Crippen LogP contribution in [0.4, 0.5) is 5.69 Å². The number of rotatable bonds is 18. The summed E-state index contributed by atoms with van der Waals surface area (Å²) >= 11 is 8.30. The van der Waals surface area contributed by atoms with Crippen LogP contribution in [0, 0.1) is 0 Å². The van der Waals surface area contributed by atoms with E-state index in [1.165, 1.54) is 69.1 Å². The SMILES string of the molecule is Br.CCCCCCCCCCCCCCOc1c(Cl)cccc1NC(=O)c1ccccc1CN1C=C(C)SC1. The highest BCUT2D eigenvalue weighted by atomic mass is 79.9. The normalized spacial score (nSPS) is 12.7. The number of benzene rings is 2. The van der Waals surface area contributed by atoms with E-state index in [-0.39, 0.29) is 22.9 Å². The molecule has 3 rings (SSSR count). The molecule has 7 heteroatoms. The Balaban J connectivity index is 0.00000533. The largest absolute Gasteiger partial charge is 0.490 e. The average Bonchev–Trinajstić information content (AvgIpc) is 3.32. The minimum absolute atomic E-state index is 0. The first kappa shape index (κ1) is 33.6. The van der Waals surface area contributed by atoms with E-state index >= 15 is 0 Å². The van der Waals surface area contributed by atoms with Crippen LogP contribution in [-0.4, -0.2) is 23.3 Å². The van der Waals surface area contributed by atoms with Crippen molar-refractivity contribution >= 4 is 51.9 Å². The smallest absolute Gasteiger partial charge is 0.256 e. The molecule has 0 aromatic heterocycles. The summed E-state index contributed by atoms with van der Waals surface area (Å²) in [5.74, 6) is 1.32. The van der Waals surface area contributed by atoms with Crippen LogP contribution in [0.1, 0.15) is 107 Å². The van der Waals surface area contributed by atoms with E-state index in [4.69, 9.17) is 16.3 Å². The number of amides is 1. The number of carbonyl (C=O) groups excluding carboxylic acids is 1. The van der Waals surface area contributed by atoms with Gasteiger partial charge >= 0.3 is 0 Å². The quantitative estimate of drug-likeness (QED) is 0.165. The Kier molecular flexibility index (Phi) is 16.7. The topological polar surface area (TPSA) is 41.6 Å². The van der Waals surface area contributed by atoms with Gasteiger partial charge in [0.25, 0.3) is 5.91 Å². The summed E-state index contributed by atoms with van der Waals surface area (Å²) in [6, 6.07) is 13.3. The second-order valence-electron chi connectivity index (χ2n) is 10.2. The maximum atomic E-state index is 13.3. The molecule has 0 unspecified atom stereocenters. The van der Waals surface area contributed by atoms with E-state index in [0.717, 1.165) is 24.3 Å². The van der Waals surface area contributed by atoms with Crippen LogP contribution in [0.3, 0.4) is 0 Å². The van der Waals surface area contributed by atoms with Crippen molar-refractivity contribution < 1.29 is 9.53 Å². The molecular weight excluding hydrogens is 592 g/mol. The molecule has 4 nitrogen and oxygen atoms in total. The lowest BCUT2D eigenvalue weighted by Crippen LogP contribution is -2.19. The molecule has 0 spiro atoms. The lowest BCUT2D eigenvalue weighted by molar-refractivity contribution is 0.102. The number of ether oxygens (including phenoxy) is 1. The predicted octanol–water partition coefficient (Wildman–Crippen LogP) is 10.6. The van der Waals surface area contributed by atoms with E-state index in [1.807, 2.05) is 54.2 Å². The molecule has 0 fully saturated rings. The summed E-state index contributed by atoms with van der Waals surface area (Å²) in [7, 11) is 0. The first-order valence-electron chi connectivity index (χ1n) is 14.4. The van der Waals surface area contributed by atoms with Crippen LogP contribution < -0.4 is 10.1 Å². The molecule has 0 saturated carbocycles. The van der Waals surface area contributed by atoms with Crippen LogP contribution in [0.25, 0.3) is 0 Å². The minimum Gasteiger partial charge on any atom is -0.490 e.